The Morgan fingerprint density at radius 2 is 2.33 bits per heavy atom. The third kappa shape index (κ3) is 2.38. The molecule has 1 rings (SSSR count). The van der Waals surface area contributed by atoms with Gasteiger partial charge < -0.3 is 15.2 Å². The summed E-state index contributed by atoms with van der Waals surface area (Å²) in [5.74, 6) is -0.360. The predicted molar refractivity (Wildman–Crippen MR) is 53.3 cm³/mol. The van der Waals surface area contributed by atoms with Crippen molar-refractivity contribution in [1.82, 2.24) is 0 Å². The number of hydrogen-bond donors (Lipinski definition) is 1. The Labute approximate surface area is 87.0 Å². The summed E-state index contributed by atoms with van der Waals surface area (Å²) in [6.07, 6.45) is 0. The zero-order valence-corrected chi connectivity index (χ0v) is 8.19. The molecule has 0 heterocycles. The number of methoxy groups -OCH3 is 1. The fourth-order valence-corrected chi connectivity index (χ4v) is 1.12. The van der Waals surface area contributed by atoms with Gasteiger partial charge in [0.1, 0.15) is 11.6 Å². The zero-order valence-electron chi connectivity index (χ0n) is 8.19. The first-order valence-corrected chi connectivity index (χ1v) is 4.17. The van der Waals surface area contributed by atoms with Crippen LogP contribution in [0.3, 0.4) is 0 Å². The van der Waals surface area contributed by atoms with E-state index in [4.69, 9.17) is 15.7 Å². The van der Waals surface area contributed by atoms with Crippen molar-refractivity contribution in [2.75, 3.05) is 19.5 Å². The van der Waals surface area contributed by atoms with Crippen molar-refractivity contribution >= 4 is 11.7 Å². The topological polar surface area (TPSA) is 85.3 Å². The lowest BCUT2D eigenvalue weighted by Gasteiger charge is -2.08. The number of nitrogens with two attached hydrogens (primary N) is 1. The molecule has 0 radical (unpaired) electrons. The number of para-hydroxylation sites is 1. The third-order valence-corrected chi connectivity index (χ3v) is 1.74. The normalized spacial score (nSPS) is 9.07. The average molecular weight is 206 g/mol. The monoisotopic (exact) mass is 206 g/mol. The SMILES string of the molecule is COc1c(N)cccc1C(=O)OCC#N. The highest BCUT2D eigenvalue weighted by molar-refractivity contribution is 5.94. The van der Waals surface area contributed by atoms with Crippen LogP contribution in [0.4, 0.5) is 5.69 Å². The summed E-state index contributed by atoms with van der Waals surface area (Å²) in [6.45, 7) is -0.295. The van der Waals surface area contributed by atoms with Gasteiger partial charge in [0.2, 0.25) is 0 Å². The van der Waals surface area contributed by atoms with Crippen molar-refractivity contribution in [1.29, 1.82) is 5.26 Å². The van der Waals surface area contributed by atoms with Crippen LogP contribution in [0.1, 0.15) is 10.4 Å². The van der Waals surface area contributed by atoms with Crippen LogP contribution in [0, 0.1) is 11.3 Å². The Morgan fingerprint density at radius 3 is 2.93 bits per heavy atom. The number of anilines is 1. The number of carbonyl (C=O) groups excluding carboxylic acids is 1. The van der Waals surface area contributed by atoms with Crippen LogP contribution in [-0.2, 0) is 4.74 Å². The van der Waals surface area contributed by atoms with Crippen LogP contribution in [-0.4, -0.2) is 19.7 Å². The van der Waals surface area contributed by atoms with E-state index >= 15 is 0 Å². The van der Waals surface area contributed by atoms with Gasteiger partial charge in [-0.15, -0.1) is 0 Å². The van der Waals surface area contributed by atoms with E-state index in [2.05, 4.69) is 4.74 Å². The Morgan fingerprint density at radius 1 is 1.60 bits per heavy atom. The molecule has 1 aromatic carbocycles. The first-order chi connectivity index (χ1) is 7.20. The maximum absolute atomic E-state index is 11.4. The molecule has 0 aliphatic rings. The lowest BCUT2D eigenvalue weighted by molar-refractivity contribution is 0.0551. The number of nitrogens with zero attached hydrogens (tertiary/aromatic N) is 1. The number of benzene rings is 1. The summed E-state index contributed by atoms with van der Waals surface area (Å²) in [4.78, 5) is 11.4. The maximum Gasteiger partial charge on any atom is 0.343 e. The fraction of sp³-hybridized carbons (Fsp3) is 0.200. The van der Waals surface area contributed by atoms with E-state index in [1.54, 1.807) is 18.2 Å². The van der Waals surface area contributed by atoms with Gasteiger partial charge in [-0.05, 0) is 12.1 Å². The minimum atomic E-state index is -0.624. The second kappa shape index (κ2) is 4.86. The average Bonchev–Trinajstić information content (AvgIpc) is 2.25. The quantitative estimate of drug-likeness (QED) is 0.588. The molecule has 15 heavy (non-hydrogen) atoms. The first-order valence-electron chi connectivity index (χ1n) is 4.17. The zero-order chi connectivity index (χ0) is 11.3. The summed E-state index contributed by atoms with van der Waals surface area (Å²) in [6, 6.07) is 6.45. The van der Waals surface area contributed by atoms with Crippen LogP contribution in [0.15, 0.2) is 18.2 Å². The molecule has 0 amide bonds. The molecule has 5 heteroatoms. The number of rotatable bonds is 3. The van der Waals surface area contributed by atoms with E-state index < -0.39 is 5.97 Å². The van der Waals surface area contributed by atoms with Crippen LogP contribution in [0.25, 0.3) is 0 Å². The van der Waals surface area contributed by atoms with Crippen molar-refractivity contribution in [3.8, 4) is 11.8 Å². The van der Waals surface area contributed by atoms with Crippen LogP contribution in [0.5, 0.6) is 5.75 Å². The first kappa shape index (κ1) is 10.9. The summed E-state index contributed by atoms with van der Waals surface area (Å²) in [5, 5.41) is 8.26. The van der Waals surface area contributed by atoms with Crippen molar-refractivity contribution in [2.45, 2.75) is 0 Å². The van der Waals surface area contributed by atoms with Gasteiger partial charge in [-0.3, -0.25) is 0 Å². The molecule has 0 aromatic heterocycles. The molecule has 0 aliphatic heterocycles. The minimum absolute atomic E-state index is 0.216. The van der Waals surface area contributed by atoms with Crippen molar-refractivity contribution in [2.24, 2.45) is 0 Å². The number of nitrogen functional groups attached to an aromatic ring is 1. The van der Waals surface area contributed by atoms with Crippen LogP contribution < -0.4 is 10.5 Å². The Balaban J connectivity index is 2.99. The van der Waals surface area contributed by atoms with E-state index in [0.717, 1.165) is 0 Å². The molecule has 2 N–H and O–H groups in total. The van der Waals surface area contributed by atoms with Crippen molar-refractivity contribution in [3.63, 3.8) is 0 Å². The van der Waals surface area contributed by atoms with E-state index in [-0.39, 0.29) is 17.9 Å². The Hall–Kier alpha value is -2.22. The lowest BCUT2D eigenvalue weighted by Crippen LogP contribution is -2.08. The second-order valence-corrected chi connectivity index (χ2v) is 2.66. The van der Waals surface area contributed by atoms with Gasteiger partial charge in [-0.2, -0.15) is 5.26 Å². The number of carbonyl (C=O) groups is 1. The molecule has 0 saturated carbocycles. The van der Waals surface area contributed by atoms with E-state index in [0.29, 0.717) is 5.69 Å². The summed E-state index contributed by atoms with van der Waals surface area (Å²) >= 11 is 0. The number of nitriles is 1. The summed E-state index contributed by atoms with van der Waals surface area (Å²) < 4.78 is 9.61. The van der Waals surface area contributed by atoms with Gasteiger partial charge in [0.25, 0.3) is 0 Å². The van der Waals surface area contributed by atoms with E-state index in [1.165, 1.54) is 13.2 Å². The molecule has 0 atom stereocenters. The third-order valence-electron chi connectivity index (χ3n) is 1.74. The molecule has 1 aromatic rings. The fourth-order valence-electron chi connectivity index (χ4n) is 1.12. The standard InChI is InChI=1S/C10H10N2O3/c1-14-9-7(3-2-4-8(9)12)10(13)15-6-5-11/h2-4H,6,12H2,1H3. The van der Waals surface area contributed by atoms with Gasteiger partial charge in [-0.25, -0.2) is 4.79 Å². The summed E-state index contributed by atoms with van der Waals surface area (Å²) in [7, 11) is 1.41. The minimum Gasteiger partial charge on any atom is -0.494 e. The number of esters is 1. The van der Waals surface area contributed by atoms with E-state index in [1.807, 2.05) is 0 Å². The van der Waals surface area contributed by atoms with Crippen molar-refractivity contribution in [3.05, 3.63) is 23.8 Å². The largest absolute Gasteiger partial charge is 0.494 e. The second-order valence-electron chi connectivity index (χ2n) is 2.66. The highest BCUT2D eigenvalue weighted by atomic mass is 16.5. The van der Waals surface area contributed by atoms with Gasteiger partial charge in [0, 0.05) is 0 Å². The number of ether oxygens (including phenoxy) is 2. The van der Waals surface area contributed by atoms with Gasteiger partial charge >= 0.3 is 5.97 Å². The Bertz CT molecular complexity index is 410. The lowest BCUT2D eigenvalue weighted by atomic mass is 10.2. The smallest absolute Gasteiger partial charge is 0.343 e. The Kier molecular flexibility index (Phi) is 3.52. The molecular weight excluding hydrogens is 196 g/mol. The van der Waals surface area contributed by atoms with Gasteiger partial charge in [0.15, 0.2) is 12.4 Å². The van der Waals surface area contributed by atoms with Gasteiger partial charge in [0.05, 0.1) is 12.8 Å². The molecular formula is C10H10N2O3. The predicted octanol–water partition coefficient (Wildman–Crippen LogP) is 0.958. The van der Waals surface area contributed by atoms with Crippen LogP contribution >= 0.6 is 0 Å². The molecule has 0 aliphatic carbocycles. The molecule has 78 valence electrons. The molecule has 0 bridgehead atoms. The highest BCUT2D eigenvalue weighted by Gasteiger charge is 2.15. The molecule has 0 spiro atoms. The molecule has 0 saturated heterocycles. The number of hydrogen-bond acceptors (Lipinski definition) is 5. The summed E-state index contributed by atoms with van der Waals surface area (Å²) in [5.41, 5.74) is 6.17. The highest BCUT2D eigenvalue weighted by Crippen LogP contribution is 2.26. The molecule has 5 nitrogen and oxygen atoms in total. The van der Waals surface area contributed by atoms with Crippen LogP contribution in [0.2, 0.25) is 0 Å². The van der Waals surface area contributed by atoms with E-state index in [9.17, 15) is 4.79 Å². The molecule has 0 fully saturated rings. The van der Waals surface area contributed by atoms with Crippen molar-refractivity contribution < 1.29 is 14.3 Å². The maximum atomic E-state index is 11.4. The van der Waals surface area contributed by atoms with Gasteiger partial charge in [-0.1, -0.05) is 6.07 Å². The molecule has 0 unspecified atom stereocenters.